The van der Waals surface area contributed by atoms with Crippen LogP contribution in [0, 0.1) is 17.0 Å². The summed E-state index contributed by atoms with van der Waals surface area (Å²) in [6, 6.07) is 0. The molecule has 0 aliphatic heterocycles. The van der Waals surface area contributed by atoms with Crippen LogP contribution in [0.2, 0.25) is 0 Å². The molecule has 1 aliphatic rings. The normalized spacial score (nSPS) is 22.8. The van der Waals surface area contributed by atoms with E-state index in [0.29, 0.717) is 11.3 Å². The summed E-state index contributed by atoms with van der Waals surface area (Å²) in [4.78, 5) is 7.94. The molecule has 82 valence electrons. The number of rotatable bonds is 2. The average Bonchev–Trinajstić information content (AvgIpc) is 2.80. The molecule has 15 heavy (non-hydrogen) atoms. The van der Waals surface area contributed by atoms with E-state index in [9.17, 15) is 0 Å². The van der Waals surface area contributed by atoms with E-state index in [1.807, 2.05) is 6.92 Å². The average molecular weight is 222 g/mol. The Hall–Kier alpha value is -0.700. The Morgan fingerprint density at radius 3 is 2.60 bits per heavy atom. The molecule has 0 spiro atoms. The molecule has 1 fully saturated rings. The van der Waals surface area contributed by atoms with Crippen molar-refractivity contribution in [1.29, 1.82) is 0 Å². The molecule has 2 nitrogen and oxygen atoms in total. The van der Waals surface area contributed by atoms with E-state index >= 15 is 0 Å². The number of aromatic nitrogens is 2. The number of nitrogens with one attached hydrogen (secondary N) is 1. The van der Waals surface area contributed by atoms with Gasteiger partial charge in [0.2, 0.25) is 0 Å². The highest BCUT2D eigenvalue weighted by Crippen LogP contribution is 2.57. The Morgan fingerprint density at radius 1 is 1.53 bits per heavy atom. The Kier molecular flexibility index (Phi) is 2.45. The van der Waals surface area contributed by atoms with Gasteiger partial charge < -0.3 is 4.98 Å². The predicted molar refractivity (Wildman–Crippen MR) is 64.7 cm³/mol. The molecule has 0 saturated heterocycles. The molecule has 1 aliphatic carbocycles. The van der Waals surface area contributed by atoms with Gasteiger partial charge in [-0.2, -0.15) is 0 Å². The van der Waals surface area contributed by atoms with Crippen LogP contribution < -0.4 is 0 Å². The molecule has 0 bridgehead atoms. The summed E-state index contributed by atoms with van der Waals surface area (Å²) in [5, 5.41) is 0. The van der Waals surface area contributed by atoms with Gasteiger partial charge in [-0.3, -0.25) is 0 Å². The SMILES string of the molecule is CCc1[nH]c(C2CC2(C)C)nc(=S)c1C. The maximum absolute atomic E-state index is 5.29. The zero-order valence-electron chi connectivity index (χ0n) is 9.85. The third kappa shape index (κ3) is 1.85. The van der Waals surface area contributed by atoms with Crippen molar-refractivity contribution in [2.75, 3.05) is 0 Å². The lowest BCUT2D eigenvalue weighted by Crippen LogP contribution is -2.03. The number of hydrogen-bond donors (Lipinski definition) is 1. The smallest absolute Gasteiger partial charge is 0.132 e. The molecular weight excluding hydrogens is 204 g/mol. The predicted octanol–water partition coefficient (Wildman–Crippen LogP) is 3.52. The number of aromatic amines is 1. The standard InChI is InChI=1S/C12H18N2S/c1-5-9-7(2)11(15)14-10(13-9)8-6-12(8,3)4/h8H,5-6H2,1-4H3,(H,13,14,15). The van der Waals surface area contributed by atoms with Gasteiger partial charge in [0.05, 0.1) is 0 Å². The molecule has 1 heterocycles. The van der Waals surface area contributed by atoms with Crippen LogP contribution in [0.5, 0.6) is 0 Å². The van der Waals surface area contributed by atoms with Gasteiger partial charge in [-0.25, -0.2) is 4.98 Å². The van der Waals surface area contributed by atoms with Crippen LogP contribution in [0.15, 0.2) is 0 Å². The molecule has 1 saturated carbocycles. The first-order chi connectivity index (χ1) is 6.95. The van der Waals surface area contributed by atoms with Gasteiger partial charge in [0.1, 0.15) is 10.5 Å². The van der Waals surface area contributed by atoms with Crippen molar-refractivity contribution in [2.24, 2.45) is 5.41 Å². The van der Waals surface area contributed by atoms with Crippen molar-refractivity contribution in [3.05, 3.63) is 21.7 Å². The third-order valence-electron chi connectivity index (χ3n) is 3.47. The van der Waals surface area contributed by atoms with Crippen LogP contribution in [0.1, 0.15) is 50.2 Å². The maximum Gasteiger partial charge on any atom is 0.132 e. The molecule has 1 unspecified atom stereocenters. The van der Waals surface area contributed by atoms with E-state index < -0.39 is 0 Å². The van der Waals surface area contributed by atoms with Crippen molar-refractivity contribution in [1.82, 2.24) is 9.97 Å². The number of hydrogen-bond acceptors (Lipinski definition) is 2. The second kappa shape index (κ2) is 3.41. The minimum atomic E-state index is 0.408. The van der Waals surface area contributed by atoms with Crippen molar-refractivity contribution in [3.63, 3.8) is 0 Å². The van der Waals surface area contributed by atoms with E-state index in [-0.39, 0.29) is 0 Å². The molecule has 2 rings (SSSR count). The van der Waals surface area contributed by atoms with Crippen LogP contribution in [-0.4, -0.2) is 9.97 Å². The van der Waals surface area contributed by atoms with Gasteiger partial charge in [-0.1, -0.05) is 33.0 Å². The quantitative estimate of drug-likeness (QED) is 0.776. The lowest BCUT2D eigenvalue weighted by atomic mass is 10.1. The van der Waals surface area contributed by atoms with Crippen molar-refractivity contribution >= 4 is 12.2 Å². The van der Waals surface area contributed by atoms with E-state index in [1.165, 1.54) is 12.1 Å². The first-order valence-corrected chi connectivity index (χ1v) is 5.96. The fourth-order valence-electron chi connectivity index (χ4n) is 2.05. The first-order valence-electron chi connectivity index (χ1n) is 5.55. The monoisotopic (exact) mass is 222 g/mol. The van der Waals surface area contributed by atoms with Gasteiger partial charge in [-0.15, -0.1) is 0 Å². The fourth-order valence-corrected chi connectivity index (χ4v) is 2.27. The van der Waals surface area contributed by atoms with E-state index in [2.05, 4.69) is 30.7 Å². The Bertz CT molecular complexity index is 445. The van der Waals surface area contributed by atoms with Crippen LogP contribution in [0.4, 0.5) is 0 Å². The molecule has 1 atom stereocenters. The van der Waals surface area contributed by atoms with Crippen molar-refractivity contribution in [2.45, 2.75) is 46.5 Å². The summed E-state index contributed by atoms with van der Waals surface area (Å²) in [6.07, 6.45) is 2.22. The molecule has 1 aromatic heterocycles. The summed E-state index contributed by atoms with van der Waals surface area (Å²) in [5.74, 6) is 1.66. The summed E-state index contributed by atoms with van der Waals surface area (Å²) < 4.78 is 0.767. The third-order valence-corrected chi connectivity index (χ3v) is 3.87. The molecule has 3 heteroatoms. The topological polar surface area (TPSA) is 28.7 Å². The summed E-state index contributed by atoms with van der Waals surface area (Å²) >= 11 is 5.29. The Balaban J connectivity index is 2.43. The lowest BCUT2D eigenvalue weighted by Gasteiger charge is -2.08. The van der Waals surface area contributed by atoms with Crippen LogP contribution in [0.3, 0.4) is 0 Å². The van der Waals surface area contributed by atoms with Crippen LogP contribution in [0.25, 0.3) is 0 Å². The highest BCUT2D eigenvalue weighted by Gasteiger charge is 2.48. The lowest BCUT2D eigenvalue weighted by molar-refractivity contribution is 0.605. The number of aryl methyl sites for hydroxylation is 1. The molecule has 1 aromatic rings. The van der Waals surface area contributed by atoms with Gasteiger partial charge in [0.25, 0.3) is 0 Å². The molecular formula is C12H18N2S. The first kappa shape index (κ1) is 10.8. The van der Waals surface area contributed by atoms with Gasteiger partial charge in [0, 0.05) is 17.2 Å². The second-order valence-corrected chi connectivity index (χ2v) is 5.52. The van der Waals surface area contributed by atoms with E-state index in [4.69, 9.17) is 12.2 Å². The molecule has 1 N–H and O–H groups in total. The fraction of sp³-hybridized carbons (Fsp3) is 0.667. The molecule has 0 radical (unpaired) electrons. The van der Waals surface area contributed by atoms with Crippen LogP contribution >= 0.6 is 12.2 Å². The largest absolute Gasteiger partial charge is 0.347 e. The zero-order valence-corrected chi connectivity index (χ0v) is 10.7. The van der Waals surface area contributed by atoms with Gasteiger partial charge in [0.15, 0.2) is 0 Å². The Labute approximate surface area is 96.1 Å². The highest BCUT2D eigenvalue weighted by atomic mass is 32.1. The van der Waals surface area contributed by atoms with Crippen molar-refractivity contribution in [3.8, 4) is 0 Å². The van der Waals surface area contributed by atoms with Crippen molar-refractivity contribution < 1.29 is 0 Å². The molecule has 0 aromatic carbocycles. The minimum absolute atomic E-state index is 0.408. The summed E-state index contributed by atoms with van der Waals surface area (Å²) in [7, 11) is 0. The van der Waals surface area contributed by atoms with Gasteiger partial charge >= 0.3 is 0 Å². The number of H-pyrrole nitrogens is 1. The summed E-state index contributed by atoms with van der Waals surface area (Å²) in [6.45, 7) is 8.76. The maximum atomic E-state index is 5.29. The van der Waals surface area contributed by atoms with Crippen LogP contribution in [-0.2, 0) is 6.42 Å². The minimum Gasteiger partial charge on any atom is -0.347 e. The summed E-state index contributed by atoms with van der Waals surface area (Å²) in [5.41, 5.74) is 2.79. The highest BCUT2D eigenvalue weighted by molar-refractivity contribution is 7.71. The number of nitrogens with zero attached hydrogens (tertiary/aromatic N) is 1. The van der Waals surface area contributed by atoms with E-state index in [0.717, 1.165) is 22.4 Å². The van der Waals surface area contributed by atoms with E-state index in [1.54, 1.807) is 0 Å². The Morgan fingerprint density at radius 2 is 2.13 bits per heavy atom. The zero-order chi connectivity index (χ0) is 11.2. The second-order valence-electron chi connectivity index (χ2n) is 5.13. The van der Waals surface area contributed by atoms with Gasteiger partial charge in [-0.05, 0) is 25.2 Å². The molecule has 0 amide bonds.